The number of hydrogen-bond donors (Lipinski definition) is 1. The molecule has 8 heteroatoms. The van der Waals surface area contributed by atoms with E-state index in [-0.39, 0.29) is 16.5 Å². The number of non-ortho nitro benzene ring substituents is 1. The van der Waals surface area contributed by atoms with Crippen LogP contribution in [0.1, 0.15) is 6.92 Å². The van der Waals surface area contributed by atoms with Crippen LogP contribution >= 0.6 is 11.6 Å². The van der Waals surface area contributed by atoms with E-state index in [9.17, 15) is 19.3 Å². The van der Waals surface area contributed by atoms with Crippen LogP contribution < -0.4 is 10.1 Å². The maximum absolute atomic E-state index is 13.1. The Morgan fingerprint density at radius 3 is 2.70 bits per heavy atom. The second-order valence-corrected chi connectivity index (χ2v) is 5.04. The largest absolute Gasteiger partial charge is 0.479 e. The zero-order valence-electron chi connectivity index (χ0n) is 12.0. The zero-order valence-corrected chi connectivity index (χ0v) is 12.7. The number of amides is 1. The van der Waals surface area contributed by atoms with Crippen LogP contribution in [0.3, 0.4) is 0 Å². The normalized spacial score (nSPS) is 11.6. The molecule has 2 rings (SSSR count). The lowest BCUT2D eigenvalue weighted by Crippen LogP contribution is -2.30. The molecule has 0 aliphatic heterocycles. The summed E-state index contributed by atoms with van der Waals surface area (Å²) in [5, 5.41) is 13.2. The summed E-state index contributed by atoms with van der Waals surface area (Å²) in [6.45, 7) is 1.48. The molecule has 0 heterocycles. The molecule has 1 amide bonds. The van der Waals surface area contributed by atoms with E-state index in [4.69, 9.17) is 16.3 Å². The van der Waals surface area contributed by atoms with E-state index in [0.717, 1.165) is 6.07 Å². The van der Waals surface area contributed by atoms with Gasteiger partial charge in [0.2, 0.25) is 0 Å². The third-order valence-electron chi connectivity index (χ3n) is 2.89. The minimum absolute atomic E-state index is 0.0182. The quantitative estimate of drug-likeness (QED) is 0.664. The highest BCUT2D eigenvalue weighted by atomic mass is 35.5. The summed E-state index contributed by atoms with van der Waals surface area (Å²) in [7, 11) is 0. The minimum atomic E-state index is -0.933. The Morgan fingerprint density at radius 2 is 2.09 bits per heavy atom. The van der Waals surface area contributed by atoms with Gasteiger partial charge in [-0.3, -0.25) is 14.9 Å². The highest BCUT2D eigenvalue weighted by molar-refractivity contribution is 6.32. The molecule has 0 unspecified atom stereocenters. The van der Waals surface area contributed by atoms with Crippen LogP contribution in [0.2, 0.25) is 5.02 Å². The van der Waals surface area contributed by atoms with Gasteiger partial charge in [0.05, 0.1) is 9.95 Å². The van der Waals surface area contributed by atoms with E-state index in [1.165, 1.54) is 43.3 Å². The first-order valence-electron chi connectivity index (χ1n) is 6.54. The molecule has 1 N–H and O–H groups in total. The molecule has 0 bridgehead atoms. The average molecular weight is 339 g/mol. The molecule has 6 nitrogen and oxygen atoms in total. The van der Waals surface area contributed by atoms with Crippen LogP contribution in [0.5, 0.6) is 5.75 Å². The van der Waals surface area contributed by atoms with Crippen molar-refractivity contribution in [2.75, 3.05) is 5.32 Å². The van der Waals surface area contributed by atoms with Crippen molar-refractivity contribution < 1.29 is 18.8 Å². The molecule has 0 fully saturated rings. The second kappa shape index (κ2) is 7.06. The van der Waals surface area contributed by atoms with Crippen molar-refractivity contribution >= 4 is 28.9 Å². The van der Waals surface area contributed by atoms with E-state index in [0.29, 0.717) is 5.69 Å². The maximum atomic E-state index is 13.1. The highest BCUT2D eigenvalue weighted by Gasteiger charge is 2.18. The zero-order chi connectivity index (χ0) is 17.0. The molecule has 2 aromatic rings. The standard InChI is InChI=1S/C15H12ClFN2O4/c1-9(15(20)18-11-4-2-3-10(17)7-11)23-14-6-5-12(19(21)22)8-13(14)16/h2-9H,1H3,(H,18,20)/t9-/m1/s1. The number of carbonyl (C=O) groups excluding carboxylic acids is 1. The third-order valence-corrected chi connectivity index (χ3v) is 3.19. The average Bonchev–Trinajstić information content (AvgIpc) is 2.49. The Kier molecular flexibility index (Phi) is 5.13. The van der Waals surface area contributed by atoms with Gasteiger partial charge in [-0.25, -0.2) is 4.39 Å². The number of carbonyl (C=O) groups is 1. The van der Waals surface area contributed by atoms with E-state index < -0.39 is 22.8 Å². The second-order valence-electron chi connectivity index (χ2n) is 4.63. The fraction of sp³-hybridized carbons (Fsp3) is 0.133. The predicted molar refractivity (Wildman–Crippen MR) is 83.2 cm³/mol. The molecular formula is C15H12ClFN2O4. The Hall–Kier alpha value is -2.67. The lowest BCUT2D eigenvalue weighted by molar-refractivity contribution is -0.384. The summed E-state index contributed by atoms with van der Waals surface area (Å²) in [6, 6.07) is 9.09. The van der Waals surface area contributed by atoms with Gasteiger partial charge in [-0.1, -0.05) is 17.7 Å². The van der Waals surface area contributed by atoms with Gasteiger partial charge in [-0.2, -0.15) is 0 Å². The monoisotopic (exact) mass is 338 g/mol. The minimum Gasteiger partial charge on any atom is -0.479 e. The van der Waals surface area contributed by atoms with Gasteiger partial charge >= 0.3 is 0 Å². The molecule has 0 aliphatic carbocycles. The summed E-state index contributed by atoms with van der Waals surface area (Å²) < 4.78 is 18.5. The van der Waals surface area contributed by atoms with Gasteiger partial charge in [0.25, 0.3) is 11.6 Å². The number of halogens is 2. The number of nitrogens with one attached hydrogen (secondary N) is 1. The van der Waals surface area contributed by atoms with Gasteiger partial charge < -0.3 is 10.1 Å². The molecule has 1 atom stereocenters. The highest BCUT2D eigenvalue weighted by Crippen LogP contribution is 2.29. The van der Waals surface area contributed by atoms with Crippen LogP contribution in [0.15, 0.2) is 42.5 Å². The van der Waals surface area contributed by atoms with E-state index in [1.54, 1.807) is 0 Å². The van der Waals surface area contributed by atoms with Crippen molar-refractivity contribution in [1.82, 2.24) is 0 Å². The smallest absolute Gasteiger partial charge is 0.271 e. The van der Waals surface area contributed by atoms with Crippen molar-refractivity contribution in [1.29, 1.82) is 0 Å². The van der Waals surface area contributed by atoms with Gasteiger partial charge in [0.1, 0.15) is 11.6 Å². The Bertz CT molecular complexity index is 754. The molecule has 0 saturated carbocycles. The fourth-order valence-electron chi connectivity index (χ4n) is 1.75. The molecule has 23 heavy (non-hydrogen) atoms. The Morgan fingerprint density at radius 1 is 1.35 bits per heavy atom. The number of nitro benzene ring substituents is 1. The fourth-order valence-corrected chi connectivity index (χ4v) is 1.97. The number of hydrogen-bond acceptors (Lipinski definition) is 4. The van der Waals surface area contributed by atoms with Crippen molar-refractivity contribution in [3.63, 3.8) is 0 Å². The van der Waals surface area contributed by atoms with E-state index in [2.05, 4.69) is 5.32 Å². The van der Waals surface area contributed by atoms with E-state index >= 15 is 0 Å². The number of nitro groups is 1. The molecule has 0 aromatic heterocycles. The summed E-state index contributed by atoms with van der Waals surface area (Å²) in [5.74, 6) is -0.848. The van der Waals surface area contributed by atoms with Crippen LogP contribution in [-0.4, -0.2) is 16.9 Å². The molecule has 0 saturated heterocycles. The van der Waals surface area contributed by atoms with Crippen LogP contribution in [-0.2, 0) is 4.79 Å². The number of benzene rings is 2. The summed E-state index contributed by atoms with van der Waals surface area (Å²) in [4.78, 5) is 22.1. The van der Waals surface area contributed by atoms with Gasteiger partial charge in [0.15, 0.2) is 6.10 Å². The van der Waals surface area contributed by atoms with Crippen LogP contribution in [0.4, 0.5) is 15.8 Å². The van der Waals surface area contributed by atoms with Gasteiger partial charge in [-0.15, -0.1) is 0 Å². The summed E-state index contributed by atoms with van der Waals surface area (Å²) in [5.41, 5.74) is 0.111. The predicted octanol–water partition coefficient (Wildman–Crippen LogP) is 3.79. The summed E-state index contributed by atoms with van der Waals surface area (Å²) >= 11 is 5.89. The van der Waals surface area contributed by atoms with Crippen LogP contribution in [0.25, 0.3) is 0 Å². The Labute approximate surface area is 136 Å². The van der Waals surface area contributed by atoms with Gasteiger partial charge in [0, 0.05) is 17.8 Å². The SMILES string of the molecule is C[C@@H](Oc1ccc([N+](=O)[O-])cc1Cl)C(=O)Nc1cccc(F)c1. The summed E-state index contributed by atoms with van der Waals surface area (Å²) in [6.07, 6.45) is -0.933. The van der Waals surface area contributed by atoms with E-state index in [1.807, 2.05) is 0 Å². The molecule has 0 radical (unpaired) electrons. The first-order chi connectivity index (χ1) is 10.9. The lowest BCUT2D eigenvalue weighted by atomic mass is 10.2. The first kappa shape index (κ1) is 16.7. The van der Waals surface area contributed by atoms with Crippen molar-refractivity contribution in [2.24, 2.45) is 0 Å². The number of ether oxygens (including phenoxy) is 1. The van der Waals surface area contributed by atoms with Crippen molar-refractivity contribution in [3.8, 4) is 5.75 Å². The number of anilines is 1. The molecule has 0 spiro atoms. The molecule has 120 valence electrons. The third kappa shape index (κ3) is 4.40. The van der Waals surface area contributed by atoms with Crippen molar-refractivity contribution in [3.05, 3.63) is 63.4 Å². The van der Waals surface area contributed by atoms with Gasteiger partial charge in [-0.05, 0) is 31.2 Å². The molecule has 2 aromatic carbocycles. The molecular weight excluding hydrogens is 327 g/mol. The lowest BCUT2D eigenvalue weighted by Gasteiger charge is -2.15. The molecule has 0 aliphatic rings. The topological polar surface area (TPSA) is 81.5 Å². The van der Waals surface area contributed by atoms with Crippen LogP contribution in [0, 0.1) is 15.9 Å². The maximum Gasteiger partial charge on any atom is 0.271 e. The first-order valence-corrected chi connectivity index (χ1v) is 6.91. The Balaban J connectivity index is 2.05. The van der Waals surface area contributed by atoms with Crippen molar-refractivity contribution in [2.45, 2.75) is 13.0 Å². The number of nitrogens with zero attached hydrogens (tertiary/aromatic N) is 1. The number of rotatable bonds is 5.